The van der Waals surface area contributed by atoms with Crippen LogP contribution >= 0.6 is 0 Å². The van der Waals surface area contributed by atoms with Crippen LogP contribution in [0.4, 0.5) is 5.69 Å². The van der Waals surface area contributed by atoms with Crippen molar-refractivity contribution >= 4 is 11.6 Å². The lowest BCUT2D eigenvalue weighted by Gasteiger charge is -2.55. The van der Waals surface area contributed by atoms with E-state index < -0.39 is 0 Å². The summed E-state index contributed by atoms with van der Waals surface area (Å²) in [6, 6.07) is 4.30. The van der Waals surface area contributed by atoms with E-state index in [2.05, 4.69) is 59.0 Å². The number of anilines is 1. The number of carbonyl (C=O) groups excluding carboxylic acids is 1. The zero-order chi connectivity index (χ0) is 17.3. The summed E-state index contributed by atoms with van der Waals surface area (Å²) >= 11 is 0. The van der Waals surface area contributed by atoms with Gasteiger partial charge in [-0.1, -0.05) is 17.7 Å². The second-order valence-corrected chi connectivity index (χ2v) is 7.21. The summed E-state index contributed by atoms with van der Waals surface area (Å²) in [5, 5.41) is 3.30. The van der Waals surface area contributed by atoms with E-state index in [1.165, 1.54) is 12.0 Å². The molecular formula is C20H33N2O+. The van der Waals surface area contributed by atoms with Gasteiger partial charge in [0.2, 0.25) is 0 Å². The number of carbonyl (C=O) groups is 1. The maximum absolute atomic E-state index is 13.3. The molecule has 1 fully saturated rings. The van der Waals surface area contributed by atoms with Crippen molar-refractivity contribution in [2.24, 2.45) is 0 Å². The first-order valence-electron chi connectivity index (χ1n) is 9.11. The van der Waals surface area contributed by atoms with E-state index >= 15 is 0 Å². The molecule has 1 amide bonds. The zero-order valence-corrected chi connectivity index (χ0v) is 15.8. The molecule has 0 unspecified atom stereocenters. The summed E-state index contributed by atoms with van der Waals surface area (Å²) < 4.78 is 0.906. The largest absolute Gasteiger partial charge is 0.320 e. The van der Waals surface area contributed by atoms with Gasteiger partial charge in [0.15, 0.2) is 5.54 Å². The molecule has 0 radical (unpaired) electrons. The Morgan fingerprint density at radius 1 is 1.04 bits per heavy atom. The summed E-state index contributed by atoms with van der Waals surface area (Å²) in [5.74, 6) is 0.226. The van der Waals surface area contributed by atoms with Crippen molar-refractivity contribution in [2.75, 3.05) is 25.0 Å². The normalized spacial score (nSPS) is 16.8. The van der Waals surface area contributed by atoms with Crippen LogP contribution < -0.4 is 5.32 Å². The molecule has 0 saturated heterocycles. The van der Waals surface area contributed by atoms with Gasteiger partial charge in [-0.3, -0.25) is 4.79 Å². The van der Waals surface area contributed by atoms with Crippen LogP contribution in [0.3, 0.4) is 0 Å². The van der Waals surface area contributed by atoms with Crippen molar-refractivity contribution in [2.45, 2.75) is 66.3 Å². The Kier molecular flexibility index (Phi) is 5.20. The summed E-state index contributed by atoms with van der Waals surface area (Å²) in [6.45, 7) is 16.0. The topological polar surface area (TPSA) is 29.1 Å². The van der Waals surface area contributed by atoms with Crippen LogP contribution in [0.5, 0.6) is 0 Å². The molecule has 0 aliphatic heterocycles. The fourth-order valence-corrected chi connectivity index (χ4v) is 4.61. The Labute approximate surface area is 141 Å². The van der Waals surface area contributed by atoms with Gasteiger partial charge in [0, 0.05) is 18.5 Å². The second-order valence-electron chi connectivity index (χ2n) is 7.21. The molecule has 1 aliphatic rings. The molecule has 1 N–H and O–H groups in total. The van der Waals surface area contributed by atoms with Gasteiger partial charge in [-0.2, -0.15) is 0 Å². The number of aryl methyl sites for hydroxylation is 3. The molecule has 23 heavy (non-hydrogen) atoms. The van der Waals surface area contributed by atoms with Crippen LogP contribution in [0.25, 0.3) is 0 Å². The lowest BCUT2D eigenvalue weighted by atomic mass is 9.72. The number of hydrogen-bond donors (Lipinski definition) is 1. The van der Waals surface area contributed by atoms with Crippen LogP contribution in [0.2, 0.25) is 0 Å². The quantitative estimate of drug-likeness (QED) is 0.777. The van der Waals surface area contributed by atoms with E-state index in [-0.39, 0.29) is 11.4 Å². The van der Waals surface area contributed by atoms with Gasteiger partial charge < -0.3 is 9.80 Å². The number of amides is 1. The fraction of sp³-hybridized carbons (Fsp3) is 0.650. The van der Waals surface area contributed by atoms with Crippen LogP contribution in [0, 0.1) is 20.8 Å². The molecule has 3 nitrogen and oxygen atoms in total. The van der Waals surface area contributed by atoms with Crippen LogP contribution in [-0.4, -0.2) is 35.6 Å². The van der Waals surface area contributed by atoms with Gasteiger partial charge in [-0.15, -0.1) is 0 Å². The summed E-state index contributed by atoms with van der Waals surface area (Å²) in [6.07, 6.45) is 3.19. The molecule has 1 aromatic rings. The predicted molar refractivity (Wildman–Crippen MR) is 97.7 cm³/mol. The van der Waals surface area contributed by atoms with Crippen molar-refractivity contribution < 1.29 is 9.28 Å². The molecule has 3 heteroatoms. The highest BCUT2D eigenvalue weighted by molar-refractivity contribution is 5.99. The lowest BCUT2D eigenvalue weighted by Crippen LogP contribution is -2.72. The monoisotopic (exact) mass is 317 g/mol. The number of nitrogens with one attached hydrogen (secondary N) is 1. The first-order chi connectivity index (χ1) is 10.9. The van der Waals surface area contributed by atoms with Crippen LogP contribution in [-0.2, 0) is 4.79 Å². The highest BCUT2D eigenvalue weighted by Crippen LogP contribution is 2.44. The van der Waals surface area contributed by atoms with E-state index in [0.29, 0.717) is 0 Å². The minimum Gasteiger partial charge on any atom is -0.320 e. The average Bonchev–Trinajstić information content (AvgIpc) is 2.46. The molecule has 0 atom stereocenters. The van der Waals surface area contributed by atoms with E-state index in [0.717, 1.165) is 53.8 Å². The molecule has 1 saturated carbocycles. The highest BCUT2D eigenvalue weighted by atomic mass is 16.2. The molecule has 1 aliphatic carbocycles. The van der Waals surface area contributed by atoms with Gasteiger partial charge in [-0.25, -0.2) is 0 Å². The lowest BCUT2D eigenvalue weighted by molar-refractivity contribution is -0.967. The summed E-state index contributed by atoms with van der Waals surface area (Å²) in [5.41, 5.74) is 4.34. The third kappa shape index (κ3) is 2.80. The van der Waals surface area contributed by atoms with Crippen molar-refractivity contribution in [3.05, 3.63) is 28.8 Å². The van der Waals surface area contributed by atoms with Crippen molar-refractivity contribution in [1.82, 2.24) is 0 Å². The molecule has 0 bridgehead atoms. The Morgan fingerprint density at radius 2 is 1.52 bits per heavy atom. The smallest absolute Gasteiger partial charge is 0.285 e. The zero-order valence-electron chi connectivity index (χ0n) is 15.8. The SMILES string of the molecule is CC[N+](CC)(CC)C1(C(=O)Nc2c(C)cc(C)cc2C)CCC1. The third-order valence-corrected chi connectivity index (χ3v) is 6.24. The van der Waals surface area contributed by atoms with Crippen LogP contribution in [0.1, 0.15) is 56.7 Å². The number of nitrogens with zero attached hydrogens (tertiary/aromatic N) is 1. The number of hydrogen-bond acceptors (Lipinski definition) is 1. The standard InChI is InChI=1S/C20H32N2O/c1-7-22(8-2,9-3)20(11-10-12-20)19(23)21-18-16(5)13-15(4)14-17(18)6/h13-14H,7-12H2,1-6H3/p+1. The third-order valence-electron chi connectivity index (χ3n) is 6.24. The van der Waals surface area contributed by atoms with Crippen LogP contribution in [0.15, 0.2) is 12.1 Å². The Morgan fingerprint density at radius 3 is 1.87 bits per heavy atom. The maximum atomic E-state index is 13.3. The molecule has 0 heterocycles. The minimum atomic E-state index is -0.234. The molecule has 0 aromatic heterocycles. The predicted octanol–water partition coefficient (Wildman–Crippen LogP) is 4.35. The maximum Gasteiger partial charge on any atom is 0.285 e. The van der Waals surface area contributed by atoms with E-state index in [1.54, 1.807) is 0 Å². The van der Waals surface area contributed by atoms with E-state index in [4.69, 9.17) is 0 Å². The minimum absolute atomic E-state index is 0.226. The van der Waals surface area contributed by atoms with E-state index in [9.17, 15) is 4.79 Å². The van der Waals surface area contributed by atoms with Gasteiger partial charge in [-0.05, 0) is 59.1 Å². The van der Waals surface area contributed by atoms with Gasteiger partial charge in [0.05, 0.1) is 19.6 Å². The Balaban J connectivity index is 2.35. The van der Waals surface area contributed by atoms with Crippen molar-refractivity contribution in [3.63, 3.8) is 0 Å². The molecule has 128 valence electrons. The van der Waals surface area contributed by atoms with Gasteiger partial charge in [0.1, 0.15) is 0 Å². The van der Waals surface area contributed by atoms with Gasteiger partial charge >= 0.3 is 0 Å². The Hall–Kier alpha value is -1.35. The van der Waals surface area contributed by atoms with Crippen molar-refractivity contribution in [3.8, 4) is 0 Å². The molecular weight excluding hydrogens is 284 g/mol. The average molecular weight is 317 g/mol. The summed E-state index contributed by atoms with van der Waals surface area (Å²) in [7, 11) is 0. The highest BCUT2D eigenvalue weighted by Gasteiger charge is 2.58. The van der Waals surface area contributed by atoms with Crippen molar-refractivity contribution in [1.29, 1.82) is 0 Å². The number of likely N-dealkylation sites (N-methyl/N-ethyl adjacent to an activating group) is 1. The first-order valence-corrected chi connectivity index (χ1v) is 9.11. The summed E-state index contributed by atoms with van der Waals surface area (Å²) in [4.78, 5) is 13.3. The molecule has 1 aromatic carbocycles. The number of quaternary nitrogens is 1. The first kappa shape index (κ1) is 18.0. The Bertz CT molecular complexity index is 552. The number of benzene rings is 1. The second kappa shape index (κ2) is 6.64. The van der Waals surface area contributed by atoms with E-state index in [1.807, 2.05) is 0 Å². The number of rotatable bonds is 6. The molecule has 0 spiro atoms. The van der Waals surface area contributed by atoms with Gasteiger partial charge in [0.25, 0.3) is 5.91 Å². The fourth-order valence-electron chi connectivity index (χ4n) is 4.61. The molecule has 2 rings (SSSR count).